The van der Waals surface area contributed by atoms with Crippen molar-refractivity contribution in [1.82, 2.24) is 0 Å². The van der Waals surface area contributed by atoms with Gasteiger partial charge in [0.2, 0.25) is 5.60 Å². The molecular weight excluding hydrogens is 269 g/mol. The van der Waals surface area contributed by atoms with Crippen LogP contribution in [-0.4, -0.2) is 29.2 Å². The number of hydrogen-bond donors (Lipinski definition) is 0. The highest BCUT2D eigenvalue weighted by Gasteiger charge is 2.66. The van der Waals surface area contributed by atoms with E-state index in [0.29, 0.717) is 4.90 Å². The van der Waals surface area contributed by atoms with Crippen molar-refractivity contribution in [2.45, 2.75) is 23.6 Å². The van der Waals surface area contributed by atoms with E-state index in [1.165, 1.54) is 0 Å². The molecule has 0 aromatic heterocycles. The molecule has 3 nitrogen and oxygen atoms in total. The van der Waals surface area contributed by atoms with Crippen molar-refractivity contribution in [2.75, 3.05) is 13.2 Å². The van der Waals surface area contributed by atoms with E-state index >= 15 is 0 Å². The summed E-state index contributed by atoms with van der Waals surface area (Å²) in [6, 6.07) is 6.53. The summed E-state index contributed by atoms with van der Waals surface area (Å²) in [6.45, 7) is 0.656. The first-order valence-electron chi connectivity index (χ1n) is 5.16. The minimum atomic E-state index is -4.50. The normalized spacial score (nSPS) is 24.9. The zero-order valence-electron chi connectivity index (χ0n) is 9.49. The lowest BCUT2D eigenvalue weighted by molar-refractivity contribution is -0.190. The molecule has 0 radical (unpaired) electrons. The molecule has 2 rings (SSSR count). The molecule has 18 heavy (non-hydrogen) atoms. The molecular formula is C11H11F3O3S. The third-order valence-electron chi connectivity index (χ3n) is 2.62. The van der Waals surface area contributed by atoms with E-state index in [2.05, 4.69) is 4.74 Å². The van der Waals surface area contributed by atoms with Crippen LogP contribution < -0.4 is 0 Å². The van der Waals surface area contributed by atoms with Crippen molar-refractivity contribution in [3.8, 4) is 0 Å². The number of rotatable bonds is 4. The molecule has 0 bridgehead atoms. The molecule has 100 valence electrons. The number of ether oxygens (including phenoxy) is 1. The molecule has 0 spiro atoms. The lowest BCUT2D eigenvalue weighted by atomic mass is 10.2. The Hall–Kier alpha value is -0.920. The molecule has 1 aliphatic rings. The number of hydrogen-bond acceptors (Lipinski definition) is 3. The minimum absolute atomic E-state index is 0.332. The molecule has 0 amide bonds. The topological polar surface area (TPSA) is 38.8 Å². The zero-order chi connectivity index (χ0) is 13.4. The Morgan fingerprint density at radius 1 is 1.39 bits per heavy atom. The number of halogens is 3. The largest absolute Gasteiger partial charge is 0.422 e. The van der Waals surface area contributed by atoms with Gasteiger partial charge in [-0.1, -0.05) is 17.7 Å². The van der Waals surface area contributed by atoms with Gasteiger partial charge in [0.1, 0.15) is 6.61 Å². The maximum Gasteiger partial charge on any atom is 0.422 e. The fraction of sp³-hybridized carbons (Fsp3) is 0.455. The van der Waals surface area contributed by atoms with Crippen LogP contribution >= 0.6 is 0 Å². The maximum atomic E-state index is 12.5. The van der Waals surface area contributed by atoms with Gasteiger partial charge in [0.05, 0.1) is 11.5 Å². The third kappa shape index (κ3) is 2.73. The Bertz CT molecular complexity index is 452. The molecule has 2 unspecified atom stereocenters. The highest BCUT2D eigenvalue weighted by atomic mass is 32.2. The van der Waals surface area contributed by atoms with Gasteiger partial charge in [-0.3, -0.25) is 4.18 Å². The second kappa shape index (κ2) is 4.64. The molecule has 7 heteroatoms. The summed E-state index contributed by atoms with van der Waals surface area (Å²) < 4.78 is 58.2. The van der Waals surface area contributed by atoms with Crippen LogP contribution in [-0.2, 0) is 20.0 Å². The first-order valence-corrected chi connectivity index (χ1v) is 6.24. The van der Waals surface area contributed by atoms with E-state index in [0.717, 1.165) is 5.56 Å². The molecule has 0 N–H and O–H groups in total. The predicted octanol–water partition coefficient (Wildman–Crippen LogP) is 2.37. The van der Waals surface area contributed by atoms with Crippen LogP contribution in [0.3, 0.4) is 0 Å². The van der Waals surface area contributed by atoms with Crippen molar-refractivity contribution >= 4 is 11.1 Å². The Kier molecular flexibility index (Phi) is 3.48. The third-order valence-corrected chi connectivity index (χ3v) is 3.61. The fourth-order valence-electron chi connectivity index (χ4n) is 1.28. The van der Waals surface area contributed by atoms with E-state index in [-0.39, 0.29) is 0 Å². The summed E-state index contributed by atoms with van der Waals surface area (Å²) in [7, 11) is 0. The standard InChI is InChI=1S/C11H11F3O3S/c1-8-2-4-9(5-3-8)18(15)17-7-10(6-16-10)11(12,13)14/h2-5H,6-7H2,1H3. The fourth-order valence-corrected chi connectivity index (χ4v) is 2.07. The van der Waals surface area contributed by atoms with Gasteiger partial charge in [-0.25, -0.2) is 4.21 Å². The summed E-state index contributed by atoms with van der Waals surface area (Å²) in [6.07, 6.45) is -4.50. The quantitative estimate of drug-likeness (QED) is 0.795. The molecule has 1 saturated heterocycles. The molecule has 0 saturated carbocycles. The van der Waals surface area contributed by atoms with Gasteiger partial charge in [-0.2, -0.15) is 13.2 Å². The smallest absolute Gasteiger partial charge is 0.358 e. The van der Waals surface area contributed by atoms with Gasteiger partial charge < -0.3 is 4.74 Å². The van der Waals surface area contributed by atoms with Crippen molar-refractivity contribution in [3.63, 3.8) is 0 Å². The average Bonchev–Trinajstić information content (AvgIpc) is 3.07. The van der Waals surface area contributed by atoms with Crippen LogP contribution in [0.25, 0.3) is 0 Å². The molecule has 1 heterocycles. The van der Waals surface area contributed by atoms with E-state index in [1.807, 2.05) is 6.92 Å². The zero-order valence-corrected chi connectivity index (χ0v) is 10.3. The minimum Gasteiger partial charge on any atom is -0.358 e. The summed E-state index contributed by atoms with van der Waals surface area (Å²) in [5.41, 5.74) is -1.30. The van der Waals surface area contributed by atoms with E-state index in [1.54, 1.807) is 24.3 Å². The highest BCUT2D eigenvalue weighted by Crippen LogP contribution is 2.43. The van der Waals surface area contributed by atoms with Gasteiger partial charge >= 0.3 is 6.18 Å². The van der Waals surface area contributed by atoms with Crippen LogP contribution in [0, 0.1) is 6.92 Å². The molecule has 1 aromatic rings. The summed E-state index contributed by atoms with van der Waals surface area (Å²) >= 11 is -1.91. The van der Waals surface area contributed by atoms with E-state index in [4.69, 9.17) is 4.18 Å². The van der Waals surface area contributed by atoms with Crippen molar-refractivity contribution in [2.24, 2.45) is 0 Å². The number of alkyl halides is 3. The van der Waals surface area contributed by atoms with Crippen molar-refractivity contribution in [1.29, 1.82) is 0 Å². The summed E-state index contributed by atoms with van der Waals surface area (Å²) in [5, 5.41) is 0. The van der Waals surface area contributed by atoms with Crippen molar-refractivity contribution < 1.29 is 26.3 Å². The Balaban J connectivity index is 1.95. The van der Waals surface area contributed by atoms with Crippen molar-refractivity contribution in [3.05, 3.63) is 29.8 Å². The van der Waals surface area contributed by atoms with Gasteiger partial charge in [0.15, 0.2) is 11.1 Å². The monoisotopic (exact) mass is 280 g/mol. The van der Waals surface area contributed by atoms with Gasteiger partial charge in [-0.05, 0) is 19.1 Å². The van der Waals surface area contributed by atoms with E-state index in [9.17, 15) is 17.4 Å². The lowest BCUT2D eigenvalue weighted by Crippen LogP contribution is -2.37. The second-order valence-corrected chi connectivity index (χ2v) is 5.27. The average molecular weight is 280 g/mol. The van der Waals surface area contributed by atoms with Crippen LogP contribution in [0.5, 0.6) is 0 Å². The Morgan fingerprint density at radius 3 is 2.39 bits per heavy atom. The number of benzene rings is 1. The SMILES string of the molecule is Cc1ccc(S(=O)OCC2(C(F)(F)F)CO2)cc1. The predicted molar refractivity (Wildman–Crippen MR) is 58.3 cm³/mol. The Labute approximate surface area is 105 Å². The summed E-state index contributed by atoms with van der Waals surface area (Å²) in [4.78, 5) is 0.332. The molecule has 0 aliphatic carbocycles. The summed E-state index contributed by atoms with van der Waals surface area (Å²) in [5.74, 6) is 0. The highest BCUT2D eigenvalue weighted by molar-refractivity contribution is 7.80. The molecule has 1 fully saturated rings. The lowest BCUT2D eigenvalue weighted by Gasteiger charge is -2.15. The van der Waals surface area contributed by atoms with Gasteiger partial charge in [0.25, 0.3) is 0 Å². The second-order valence-electron chi connectivity index (χ2n) is 4.09. The van der Waals surface area contributed by atoms with Crippen LogP contribution in [0.4, 0.5) is 13.2 Å². The van der Waals surface area contributed by atoms with Crippen LogP contribution in [0.1, 0.15) is 5.56 Å². The van der Waals surface area contributed by atoms with Gasteiger partial charge in [0, 0.05) is 0 Å². The van der Waals surface area contributed by atoms with Gasteiger partial charge in [-0.15, -0.1) is 0 Å². The maximum absolute atomic E-state index is 12.5. The van der Waals surface area contributed by atoms with E-state index < -0.39 is 36.1 Å². The first kappa shape index (κ1) is 13.5. The van der Waals surface area contributed by atoms with Crippen LogP contribution in [0.15, 0.2) is 29.2 Å². The first-order chi connectivity index (χ1) is 8.34. The molecule has 1 aromatic carbocycles. The number of epoxide rings is 1. The molecule has 1 aliphatic heterocycles. The number of aryl methyl sites for hydroxylation is 1. The van der Waals surface area contributed by atoms with Crippen LogP contribution in [0.2, 0.25) is 0 Å². The molecule has 2 atom stereocenters. The Morgan fingerprint density at radius 2 is 1.94 bits per heavy atom.